The molecule has 0 unspecified atom stereocenters. The first-order valence-corrected chi connectivity index (χ1v) is 6.91. The molecule has 2 N–H and O–H groups in total. The van der Waals surface area contributed by atoms with Gasteiger partial charge in [-0.2, -0.15) is 0 Å². The number of anilines is 2. The summed E-state index contributed by atoms with van der Waals surface area (Å²) in [6.45, 7) is 3.35. The molecule has 1 heterocycles. The zero-order valence-corrected chi connectivity index (χ0v) is 12.0. The van der Waals surface area contributed by atoms with Gasteiger partial charge >= 0.3 is 0 Å². The number of nitrogens with zero attached hydrogens (tertiary/aromatic N) is 1. The van der Waals surface area contributed by atoms with Crippen LogP contribution in [0.1, 0.15) is 19.8 Å². The third-order valence-electron chi connectivity index (χ3n) is 3.47. The molecule has 5 nitrogen and oxygen atoms in total. The number of carbonyl (C=O) groups excluding carboxylic acids is 2. The smallest absolute Gasteiger partial charge is 0.228 e. The lowest BCUT2D eigenvalue weighted by atomic mass is 9.97. The molecule has 2 amide bonds. The summed E-state index contributed by atoms with van der Waals surface area (Å²) in [7, 11) is 2.04. The second kappa shape index (κ2) is 6.52. The minimum Gasteiger partial charge on any atom is -0.326 e. The maximum Gasteiger partial charge on any atom is 0.228 e. The molecule has 1 saturated heterocycles. The second-order valence-electron chi connectivity index (χ2n) is 5.35. The second-order valence-corrected chi connectivity index (χ2v) is 5.35. The Morgan fingerprint density at radius 2 is 1.75 bits per heavy atom. The highest BCUT2D eigenvalue weighted by atomic mass is 16.2. The minimum atomic E-state index is -0.105. The summed E-state index contributed by atoms with van der Waals surface area (Å²) in [6.07, 6.45) is 2.01. The molecule has 1 aliphatic heterocycles. The Balaban J connectivity index is 1.92. The maximum absolute atomic E-state index is 12.2. The molecule has 0 aromatic heterocycles. The number of hydrogen-bond acceptors (Lipinski definition) is 3. The average molecular weight is 275 g/mol. The fourth-order valence-electron chi connectivity index (χ4n) is 2.46. The highest BCUT2D eigenvalue weighted by Crippen LogP contribution is 2.19. The first-order chi connectivity index (χ1) is 9.54. The number of piperidine rings is 1. The Labute approximate surface area is 119 Å². The topological polar surface area (TPSA) is 61.4 Å². The van der Waals surface area contributed by atoms with Crippen molar-refractivity contribution in [2.45, 2.75) is 19.8 Å². The van der Waals surface area contributed by atoms with Crippen LogP contribution in [0.5, 0.6) is 0 Å². The van der Waals surface area contributed by atoms with Crippen molar-refractivity contribution in [1.82, 2.24) is 4.90 Å². The van der Waals surface area contributed by atoms with Gasteiger partial charge in [-0.15, -0.1) is 0 Å². The molecule has 0 saturated carbocycles. The van der Waals surface area contributed by atoms with E-state index in [0.29, 0.717) is 0 Å². The van der Waals surface area contributed by atoms with Crippen LogP contribution in [0.25, 0.3) is 0 Å². The Morgan fingerprint density at radius 1 is 1.15 bits per heavy atom. The van der Waals surface area contributed by atoms with Crippen molar-refractivity contribution in [3.8, 4) is 0 Å². The zero-order valence-electron chi connectivity index (χ0n) is 12.0. The van der Waals surface area contributed by atoms with Crippen LogP contribution in [0.15, 0.2) is 24.3 Å². The van der Waals surface area contributed by atoms with E-state index in [2.05, 4.69) is 15.5 Å². The number of nitrogens with one attached hydrogen (secondary N) is 2. The number of hydrogen-bond donors (Lipinski definition) is 2. The van der Waals surface area contributed by atoms with Gasteiger partial charge in [-0.3, -0.25) is 9.59 Å². The van der Waals surface area contributed by atoms with Gasteiger partial charge in [-0.1, -0.05) is 0 Å². The summed E-state index contributed by atoms with van der Waals surface area (Å²) < 4.78 is 0. The summed E-state index contributed by atoms with van der Waals surface area (Å²) in [5, 5.41) is 5.63. The van der Waals surface area contributed by atoms with Crippen molar-refractivity contribution >= 4 is 23.2 Å². The molecule has 1 aromatic rings. The predicted octanol–water partition coefficient (Wildman–Crippen LogP) is 1.93. The molecule has 1 aliphatic rings. The molecular weight excluding hydrogens is 254 g/mol. The van der Waals surface area contributed by atoms with Gasteiger partial charge in [0.05, 0.1) is 5.92 Å². The van der Waals surface area contributed by atoms with E-state index in [4.69, 9.17) is 0 Å². The van der Waals surface area contributed by atoms with Crippen LogP contribution in [-0.4, -0.2) is 36.9 Å². The van der Waals surface area contributed by atoms with E-state index >= 15 is 0 Å². The zero-order chi connectivity index (χ0) is 14.5. The summed E-state index contributed by atoms with van der Waals surface area (Å²) in [5.74, 6) is 0.0274. The Bertz CT molecular complexity index is 484. The highest BCUT2D eigenvalue weighted by Gasteiger charge is 2.23. The van der Waals surface area contributed by atoms with Crippen molar-refractivity contribution in [2.24, 2.45) is 5.92 Å². The number of likely N-dealkylation sites (tertiary alicyclic amines) is 1. The maximum atomic E-state index is 12.2. The van der Waals surface area contributed by atoms with E-state index in [9.17, 15) is 9.59 Å². The lowest BCUT2D eigenvalue weighted by Crippen LogP contribution is -2.38. The largest absolute Gasteiger partial charge is 0.326 e. The van der Waals surface area contributed by atoms with Crippen LogP contribution in [0.3, 0.4) is 0 Å². The average Bonchev–Trinajstić information content (AvgIpc) is 2.40. The van der Waals surface area contributed by atoms with Crippen molar-refractivity contribution in [3.63, 3.8) is 0 Å². The predicted molar refractivity (Wildman–Crippen MR) is 79.6 cm³/mol. The number of amides is 2. The number of rotatable bonds is 3. The lowest BCUT2D eigenvalue weighted by molar-refractivity contribution is -0.121. The van der Waals surface area contributed by atoms with E-state index in [1.54, 1.807) is 24.3 Å². The van der Waals surface area contributed by atoms with Gasteiger partial charge in [-0.25, -0.2) is 0 Å². The third kappa shape index (κ3) is 4.06. The quantitative estimate of drug-likeness (QED) is 0.886. The van der Waals surface area contributed by atoms with Gasteiger partial charge in [0.1, 0.15) is 0 Å². The summed E-state index contributed by atoms with van der Waals surface area (Å²) in [6, 6.07) is 7.17. The molecule has 108 valence electrons. The molecule has 0 radical (unpaired) electrons. The van der Waals surface area contributed by atoms with Crippen LogP contribution in [0.2, 0.25) is 0 Å². The molecule has 1 fully saturated rings. The van der Waals surface area contributed by atoms with E-state index in [-0.39, 0.29) is 17.7 Å². The Hall–Kier alpha value is -1.88. The lowest BCUT2D eigenvalue weighted by Gasteiger charge is -2.28. The minimum absolute atomic E-state index is 0.0590. The number of benzene rings is 1. The van der Waals surface area contributed by atoms with Gasteiger partial charge in [0.2, 0.25) is 11.8 Å². The van der Waals surface area contributed by atoms with Crippen molar-refractivity contribution in [1.29, 1.82) is 0 Å². The molecule has 1 aromatic carbocycles. The first-order valence-electron chi connectivity index (χ1n) is 6.91. The molecule has 20 heavy (non-hydrogen) atoms. The summed E-state index contributed by atoms with van der Waals surface area (Å²) >= 11 is 0. The van der Waals surface area contributed by atoms with Crippen molar-refractivity contribution in [2.75, 3.05) is 30.8 Å². The molecule has 2 rings (SSSR count). The van der Waals surface area contributed by atoms with Crippen LogP contribution < -0.4 is 10.6 Å². The molecule has 0 bridgehead atoms. The van der Waals surface area contributed by atoms with Crippen molar-refractivity contribution in [3.05, 3.63) is 24.3 Å². The summed E-state index contributed by atoms with van der Waals surface area (Å²) in [4.78, 5) is 25.3. The molecule has 0 aliphatic carbocycles. The fourth-order valence-corrected chi connectivity index (χ4v) is 2.46. The van der Waals surface area contributed by atoms with Crippen LogP contribution in [0, 0.1) is 5.92 Å². The number of carbonyl (C=O) groups is 2. The third-order valence-corrected chi connectivity index (χ3v) is 3.47. The van der Waals surface area contributed by atoms with Gasteiger partial charge in [-0.05, 0) is 50.7 Å². The van der Waals surface area contributed by atoms with Crippen LogP contribution >= 0.6 is 0 Å². The van der Waals surface area contributed by atoms with Gasteiger partial charge in [0, 0.05) is 24.8 Å². The van der Waals surface area contributed by atoms with Gasteiger partial charge in [0.15, 0.2) is 0 Å². The van der Waals surface area contributed by atoms with E-state index < -0.39 is 0 Å². The SMILES string of the molecule is CC(=O)Nc1ccc(NC(=O)[C@@H]2CCCN(C)C2)cc1. The first kappa shape index (κ1) is 14.5. The van der Waals surface area contributed by atoms with E-state index in [0.717, 1.165) is 37.3 Å². The highest BCUT2D eigenvalue weighted by molar-refractivity contribution is 5.93. The van der Waals surface area contributed by atoms with Gasteiger partial charge in [0.25, 0.3) is 0 Å². The van der Waals surface area contributed by atoms with E-state index in [1.165, 1.54) is 6.92 Å². The fraction of sp³-hybridized carbons (Fsp3) is 0.467. The van der Waals surface area contributed by atoms with Gasteiger partial charge < -0.3 is 15.5 Å². The van der Waals surface area contributed by atoms with Crippen LogP contribution in [0.4, 0.5) is 11.4 Å². The normalized spacial score (nSPS) is 19.4. The summed E-state index contributed by atoms with van der Waals surface area (Å²) in [5.41, 5.74) is 1.49. The van der Waals surface area contributed by atoms with Crippen molar-refractivity contribution < 1.29 is 9.59 Å². The Kier molecular flexibility index (Phi) is 4.74. The standard InChI is InChI=1S/C15H21N3O2/c1-11(19)16-13-5-7-14(8-6-13)17-15(20)12-4-3-9-18(2)10-12/h5-8,12H,3-4,9-10H2,1-2H3,(H,16,19)(H,17,20)/t12-/m1/s1. The Morgan fingerprint density at radius 3 is 2.30 bits per heavy atom. The monoisotopic (exact) mass is 275 g/mol. The van der Waals surface area contributed by atoms with Crippen LogP contribution in [-0.2, 0) is 9.59 Å². The molecule has 1 atom stereocenters. The molecule has 0 spiro atoms. The molecular formula is C15H21N3O2. The van der Waals surface area contributed by atoms with E-state index in [1.807, 2.05) is 7.05 Å². The molecule has 5 heteroatoms.